The summed E-state index contributed by atoms with van der Waals surface area (Å²) >= 11 is 7.31. The molecule has 2 aromatic carbocycles. The molecule has 6 nitrogen and oxygen atoms in total. The Labute approximate surface area is 170 Å². The van der Waals surface area contributed by atoms with Crippen molar-refractivity contribution in [2.75, 3.05) is 11.1 Å². The van der Waals surface area contributed by atoms with Crippen LogP contribution in [-0.2, 0) is 4.79 Å². The number of aryl methyl sites for hydroxylation is 1. The van der Waals surface area contributed by atoms with E-state index in [4.69, 9.17) is 11.6 Å². The zero-order chi connectivity index (χ0) is 19.5. The molecule has 0 saturated carbocycles. The zero-order valence-electron chi connectivity index (χ0n) is 15.0. The van der Waals surface area contributed by atoms with Gasteiger partial charge in [0.15, 0.2) is 11.5 Å². The van der Waals surface area contributed by atoms with Crippen molar-refractivity contribution in [3.63, 3.8) is 0 Å². The molecule has 28 heavy (non-hydrogen) atoms. The number of thioether (sulfide) groups is 1. The third-order valence-corrected chi connectivity index (χ3v) is 5.20. The van der Waals surface area contributed by atoms with Crippen LogP contribution in [0, 0.1) is 6.92 Å². The summed E-state index contributed by atoms with van der Waals surface area (Å²) < 4.78 is 1.67. The summed E-state index contributed by atoms with van der Waals surface area (Å²) in [4.78, 5) is 12.2. The second-order valence-corrected chi connectivity index (χ2v) is 7.61. The van der Waals surface area contributed by atoms with E-state index in [9.17, 15) is 4.79 Å². The van der Waals surface area contributed by atoms with Crippen molar-refractivity contribution in [3.05, 3.63) is 71.2 Å². The average Bonchev–Trinajstić information content (AvgIpc) is 3.12. The van der Waals surface area contributed by atoms with Gasteiger partial charge in [0.25, 0.3) is 0 Å². The lowest BCUT2D eigenvalue weighted by Gasteiger charge is -2.06. The fourth-order valence-corrected chi connectivity index (χ4v) is 3.38. The van der Waals surface area contributed by atoms with Gasteiger partial charge in [-0.3, -0.25) is 4.79 Å². The molecule has 8 heteroatoms. The molecule has 0 spiro atoms. The lowest BCUT2D eigenvalue weighted by molar-refractivity contribution is -0.113. The lowest BCUT2D eigenvalue weighted by Crippen LogP contribution is -2.14. The number of amides is 1. The van der Waals surface area contributed by atoms with Crippen molar-refractivity contribution in [1.82, 2.24) is 19.8 Å². The number of carbonyl (C=O) groups is 1. The van der Waals surface area contributed by atoms with Crippen molar-refractivity contribution in [3.8, 4) is 11.4 Å². The highest BCUT2D eigenvalue weighted by Gasteiger charge is 2.11. The summed E-state index contributed by atoms with van der Waals surface area (Å²) in [6.45, 7) is 2.01. The molecule has 140 valence electrons. The van der Waals surface area contributed by atoms with Crippen molar-refractivity contribution in [2.24, 2.45) is 0 Å². The predicted molar refractivity (Wildman–Crippen MR) is 112 cm³/mol. The van der Waals surface area contributed by atoms with E-state index in [2.05, 4.69) is 20.6 Å². The lowest BCUT2D eigenvalue weighted by atomic mass is 10.2. The Morgan fingerprint density at radius 2 is 1.79 bits per heavy atom. The number of aromatic nitrogens is 4. The minimum Gasteiger partial charge on any atom is -0.325 e. The number of benzene rings is 2. The molecule has 0 fully saturated rings. The van der Waals surface area contributed by atoms with E-state index >= 15 is 0 Å². The van der Waals surface area contributed by atoms with Gasteiger partial charge < -0.3 is 5.32 Å². The molecule has 4 aromatic rings. The molecule has 2 heterocycles. The van der Waals surface area contributed by atoms with E-state index in [1.165, 1.54) is 11.8 Å². The third-order valence-electron chi connectivity index (χ3n) is 4.03. The maximum absolute atomic E-state index is 12.2. The number of anilines is 1. The molecule has 0 aliphatic rings. The average molecular weight is 410 g/mol. The Bertz CT molecular complexity index is 1130. The number of rotatable bonds is 5. The van der Waals surface area contributed by atoms with Gasteiger partial charge in [-0.25, -0.2) is 0 Å². The fraction of sp³-hybridized carbons (Fsp3) is 0.100. The second kappa shape index (κ2) is 8.00. The van der Waals surface area contributed by atoms with Gasteiger partial charge in [-0.1, -0.05) is 41.1 Å². The molecule has 0 radical (unpaired) electrons. The maximum atomic E-state index is 12.2. The minimum absolute atomic E-state index is 0.0857. The smallest absolute Gasteiger partial charge is 0.234 e. The first-order valence-electron chi connectivity index (χ1n) is 8.56. The number of nitrogens with one attached hydrogen (secondary N) is 1. The number of hydrogen-bond acceptors (Lipinski definition) is 5. The highest BCUT2D eigenvalue weighted by molar-refractivity contribution is 7.99. The monoisotopic (exact) mass is 409 g/mol. The summed E-state index contributed by atoms with van der Waals surface area (Å²) in [5, 5.41) is 17.2. The largest absolute Gasteiger partial charge is 0.325 e. The van der Waals surface area contributed by atoms with Crippen molar-refractivity contribution < 1.29 is 4.79 Å². The first-order valence-corrected chi connectivity index (χ1v) is 9.92. The highest BCUT2D eigenvalue weighted by atomic mass is 35.5. The quantitative estimate of drug-likeness (QED) is 0.492. The third kappa shape index (κ3) is 4.16. The Kier molecular flexibility index (Phi) is 5.27. The summed E-state index contributed by atoms with van der Waals surface area (Å²) in [7, 11) is 0. The topological polar surface area (TPSA) is 72.2 Å². The number of halogens is 1. The van der Waals surface area contributed by atoms with Gasteiger partial charge in [-0.15, -0.1) is 10.2 Å². The first-order chi connectivity index (χ1) is 13.6. The van der Waals surface area contributed by atoms with Gasteiger partial charge >= 0.3 is 0 Å². The second-order valence-electron chi connectivity index (χ2n) is 6.17. The molecule has 1 amide bonds. The van der Waals surface area contributed by atoms with E-state index < -0.39 is 0 Å². The molecule has 1 N–H and O–H groups in total. The van der Waals surface area contributed by atoms with Gasteiger partial charge in [-0.05, 0) is 55.5 Å². The number of carbonyl (C=O) groups excluding carboxylic acids is 1. The molecule has 0 aliphatic heterocycles. The van der Waals surface area contributed by atoms with E-state index in [1.54, 1.807) is 16.6 Å². The van der Waals surface area contributed by atoms with Gasteiger partial charge in [-0.2, -0.15) is 9.61 Å². The van der Waals surface area contributed by atoms with Gasteiger partial charge in [0.1, 0.15) is 5.03 Å². The fourth-order valence-electron chi connectivity index (χ4n) is 2.60. The van der Waals surface area contributed by atoms with E-state index in [-0.39, 0.29) is 11.7 Å². The normalized spacial score (nSPS) is 10.9. The van der Waals surface area contributed by atoms with Crippen LogP contribution in [0.3, 0.4) is 0 Å². The highest BCUT2D eigenvalue weighted by Crippen LogP contribution is 2.22. The van der Waals surface area contributed by atoms with Crippen molar-refractivity contribution >= 4 is 40.6 Å². The van der Waals surface area contributed by atoms with Crippen LogP contribution in [0.25, 0.3) is 17.0 Å². The van der Waals surface area contributed by atoms with Crippen LogP contribution in [0.1, 0.15) is 5.56 Å². The maximum Gasteiger partial charge on any atom is 0.234 e. The van der Waals surface area contributed by atoms with Crippen LogP contribution in [0.2, 0.25) is 5.02 Å². The van der Waals surface area contributed by atoms with Crippen LogP contribution in [0.4, 0.5) is 5.69 Å². The first kappa shape index (κ1) is 18.5. The Morgan fingerprint density at radius 1 is 1.04 bits per heavy atom. The van der Waals surface area contributed by atoms with Crippen LogP contribution in [0.5, 0.6) is 0 Å². The van der Waals surface area contributed by atoms with Gasteiger partial charge in [0.2, 0.25) is 5.91 Å². The number of fused-ring (bicyclic) bond motifs is 1. The number of nitrogens with zero attached hydrogens (tertiary/aromatic N) is 4. The number of hydrogen-bond donors (Lipinski definition) is 1. The molecular formula is C20H16ClN5OS. The molecule has 0 unspecified atom stereocenters. The molecule has 2 aromatic heterocycles. The van der Waals surface area contributed by atoms with Crippen molar-refractivity contribution in [1.29, 1.82) is 0 Å². The minimum atomic E-state index is -0.0857. The SMILES string of the molecule is Cc1ccc(NC(=O)CSc2ccc3nnc(-c4ccc(Cl)cc4)n3n2)cc1. The summed E-state index contributed by atoms with van der Waals surface area (Å²) in [6, 6.07) is 18.7. The Morgan fingerprint density at radius 3 is 2.54 bits per heavy atom. The van der Waals surface area contributed by atoms with Crippen LogP contribution >= 0.6 is 23.4 Å². The van der Waals surface area contributed by atoms with Crippen molar-refractivity contribution in [2.45, 2.75) is 11.9 Å². The summed E-state index contributed by atoms with van der Waals surface area (Å²) in [6.07, 6.45) is 0. The Balaban J connectivity index is 1.48. The van der Waals surface area contributed by atoms with Crippen LogP contribution < -0.4 is 5.32 Å². The Hall–Kier alpha value is -2.90. The van der Waals surface area contributed by atoms with E-state index in [0.717, 1.165) is 16.8 Å². The molecule has 0 bridgehead atoms. The molecular weight excluding hydrogens is 394 g/mol. The zero-order valence-corrected chi connectivity index (χ0v) is 16.5. The standard InChI is InChI=1S/C20H16ClN5OS/c1-13-2-8-16(9-3-13)22-18(27)12-28-19-11-10-17-23-24-20(26(17)25-19)14-4-6-15(21)7-5-14/h2-11H,12H2,1H3,(H,22,27). The molecule has 0 atom stereocenters. The van der Waals surface area contributed by atoms with Crippen LogP contribution in [0.15, 0.2) is 65.7 Å². The summed E-state index contributed by atoms with van der Waals surface area (Å²) in [5.41, 5.74) is 3.43. The van der Waals surface area contributed by atoms with Gasteiger partial charge in [0.05, 0.1) is 5.75 Å². The molecule has 0 saturated heterocycles. The summed E-state index contributed by atoms with van der Waals surface area (Å²) in [5.74, 6) is 0.792. The van der Waals surface area contributed by atoms with Crippen LogP contribution in [-0.4, -0.2) is 31.5 Å². The van der Waals surface area contributed by atoms with E-state index in [1.807, 2.05) is 55.5 Å². The van der Waals surface area contributed by atoms with E-state index in [0.29, 0.717) is 21.5 Å². The molecule has 0 aliphatic carbocycles. The molecule has 4 rings (SSSR count). The predicted octanol–water partition coefficient (Wildman–Crippen LogP) is 4.48. The van der Waals surface area contributed by atoms with Gasteiger partial charge in [0, 0.05) is 16.3 Å².